The molecule has 4 rings (SSSR count). The van der Waals surface area contributed by atoms with E-state index in [1.807, 2.05) is 17.7 Å². The molecule has 10 heteroatoms. The second kappa shape index (κ2) is 9.80. The lowest BCUT2D eigenvalue weighted by Crippen LogP contribution is -2.33. The monoisotopic (exact) mass is 486 g/mol. The van der Waals surface area contributed by atoms with Gasteiger partial charge in [0, 0.05) is 31.9 Å². The Morgan fingerprint density at radius 3 is 2.70 bits per heavy atom. The van der Waals surface area contributed by atoms with E-state index < -0.39 is 9.84 Å². The molecule has 0 aliphatic heterocycles. The summed E-state index contributed by atoms with van der Waals surface area (Å²) < 4.78 is 41.6. The molecule has 0 fully saturated rings. The highest BCUT2D eigenvalue weighted by molar-refractivity contribution is 7.91. The molecule has 2 aromatic carbocycles. The highest BCUT2D eigenvalue weighted by Gasteiger charge is 2.23. The Bertz CT molecular complexity index is 1350. The molecule has 0 aliphatic rings. The van der Waals surface area contributed by atoms with Crippen LogP contribution >= 0.6 is 11.3 Å². The summed E-state index contributed by atoms with van der Waals surface area (Å²) in [4.78, 5) is 23.4. The maximum Gasteiger partial charge on any atom is 0.229 e. The van der Waals surface area contributed by atoms with Crippen molar-refractivity contribution < 1.29 is 17.6 Å². The van der Waals surface area contributed by atoms with Crippen LogP contribution < -0.4 is 4.90 Å². The summed E-state index contributed by atoms with van der Waals surface area (Å²) in [6.07, 6.45) is 5.66. The van der Waals surface area contributed by atoms with Gasteiger partial charge in [0.15, 0.2) is 15.0 Å². The first-order valence-corrected chi connectivity index (χ1v) is 12.9. The SMILES string of the molecule is Cc1ccc(S(=O)(=O)CCC(=O)N(CCCn2ccnc2)c2nc3ccc(F)cc3s2)cc1. The van der Waals surface area contributed by atoms with E-state index in [0.29, 0.717) is 34.9 Å². The molecule has 0 spiro atoms. The fourth-order valence-corrected chi connectivity index (χ4v) is 5.64. The van der Waals surface area contributed by atoms with Crippen molar-refractivity contribution in [3.8, 4) is 0 Å². The van der Waals surface area contributed by atoms with Crippen molar-refractivity contribution in [2.75, 3.05) is 17.2 Å². The van der Waals surface area contributed by atoms with Crippen molar-refractivity contribution in [3.05, 3.63) is 72.6 Å². The van der Waals surface area contributed by atoms with Gasteiger partial charge in [0.05, 0.1) is 27.2 Å². The molecule has 0 saturated heterocycles. The van der Waals surface area contributed by atoms with E-state index >= 15 is 0 Å². The van der Waals surface area contributed by atoms with Crippen LogP contribution in [0.4, 0.5) is 9.52 Å². The minimum absolute atomic E-state index is 0.175. The number of benzene rings is 2. The van der Waals surface area contributed by atoms with Crippen LogP contribution in [0.2, 0.25) is 0 Å². The summed E-state index contributed by atoms with van der Waals surface area (Å²) in [6, 6.07) is 10.9. The van der Waals surface area contributed by atoms with Gasteiger partial charge in [0.2, 0.25) is 5.91 Å². The highest BCUT2D eigenvalue weighted by atomic mass is 32.2. The maximum absolute atomic E-state index is 13.6. The molecule has 2 aromatic heterocycles. The minimum atomic E-state index is -3.60. The number of amides is 1. The number of anilines is 1. The smallest absolute Gasteiger partial charge is 0.229 e. The zero-order chi connectivity index (χ0) is 23.4. The Morgan fingerprint density at radius 1 is 1.18 bits per heavy atom. The lowest BCUT2D eigenvalue weighted by Gasteiger charge is -2.20. The Morgan fingerprint density at radius 2 is 1.97 bits per heavy atom. The molecule has 0 atom stereocenters. The van der Waals surface area contributed by atoms with Crippen molar-refractivity contribution in [1.29, 1.82) is 0 Å². The van der Waals surface area contributed by atoms with Gasteiger partial charge >= 0.3 is 0 Å². The second-order valence-electron chi connectivity index (χ2n) is 7.69. The van der Waals surface area contributed by atoms with E-state index in [9.17, 15) is 17.6 Å². The van der Waals surface area contributed by atoms with Gasteiger partial charge in [-0.05, 0) is 43.7 Å². The Hall–Kier alpha value is -3.11. The second-order valence-corrected chi connectivity index (χ2v) is 10.8. The number of aryl methyl sites for hydroxylation is 2. The van der Waals surface area contributed by atoms with Crippen LogP contribution in [0.15, 0.2) is 66.1 Å². The molecule has 1 amide bonds. The lowest BCUT2D eigenvalue weighted by atomic mass is 10.2. The molecule has 0 radical (unpaired) electrons. The number of thiazole rings is 1. The first-order chi connectivity index (χ1) is 15.8. The number of fused-ring (bicyclic) bond motifs is 1. The van der Waals surface area contributed by atoms with E-state index in [1.165, 1.54) is 28.4 Å². The van der Waals surface area contributed by atoms with E-state index in [2.05, 4.69) is 9.97 Å². The van der Waals surface area contributed by atoms with Gasteiger partial charge < -0.3 is 4.57 Å². The van der Waals surface area contributed by atoms with Crippen LogP contribution in [0.5, 0.6) is 0 Å². The zero-order valence-corrected chi connectivity index (χ0v) is 19.7. The van der Waals surface area contributed by atoms with Gasteiger partial charge in [-0.2, -0.15) is 0 Å². The number of aromatic nitrogens is 3. The molecule has 7 nitrogen and oxygen atoms in total. The summed E-state index contributed by atoms with van der Waals surface area (Å²) in [5, 5.41) is 0.430. The van der Waals surface area contributed by atoms with Gasteiger partial charge in [-0.1, -0.05) is 29.0 Å². The van der Waals surface area contributed by atoms with Gasteiger partial charge in [-0.25, -0.2) is 22.8 Å². The predicted octanol–water partition coefficient (Wildman–Crippen LogP) is 4.23. The number of halogens is 1. The molecular formula is C23H23FN4O3S2. The van der Waals surface area contributed by atoms with E-state index in [-0.39, 0.29) is 28.8 Å². The lowest BCUT2D eigenvalue weighted by molar-refractivity contribution is -0.118. The molecule has 0 aliphatic carbocycles. The van der Waals surface area contributed by atoms with Gasteiger partial charge in [-0.15, -0.1) is 0 Å². The summed E-state index contributed by atoms with van der Waals surface area (Å²) >= 11 is 1.21. The van der Waals surface area contributed by atoms with Crippen molar-refractivity contribution in [2.24, 2.45) is 0 Å². The fourth-order valence-electron chi connectivity index (χ4n) is 3.38. The van der Waals surface area contributed by atoms with E-state index in [1.54, 1.807) is 42.9 Å². The zero-order valence-electron chi connectivity index (χ0n) is 18.0. The standard InChI is InChI=1S/C23H23FN4O3S2/c1-17-3-6-19(7-4-17)33(30,31)14-9-22(29)28(12-2-11-27-13-10-25-16-27)23-26-20-8-5-18(24)15-21(20)32-23/h3-8,10,13,15-16H,2,9,11-12,14H2,1H3. The first-order valence-electron chi connectivity index (χ1n) is 10.4. The van der Waals surface area contributed by atoms with Gasteiger partial charge in [-0.3, -0.25) is 9.69 Å². The summed E-state index contributed by atoms with van der Waals surface area (Å²) in [5.74, 6) is -1.01. The van der Waals surface area contributed by atoms with Crippen LogP contribution in [0.3, 0.4) is 0 Å². The number of rotatable bonds is 9. The van der Waals surface area contributed by atoms with Crippen LogP contribution in [0.1, 0.15) is 18.4 Å². The van der Waals surface area contributed by atoms with Crippen molar-refractivity contribution in [2.45, 2.75) is 31.2 Å². The summed E-state index contributed by atoms with van der Waals surface area (Å²) in [6.45, 7) is 2.88. The van der Waals surface area contributed by atoms with Crippen LogP contribution in [0.25, 0.3) is 10.2 Å². The third-order valence-corrected chi connectivity index (χ3v) is 7.97. The topological polar surface area (TPSA) is 85.2 Å². The maximum atomic E-state index is 13.6. The van der Waals surface area contributed by atoms with Crippen LogP contribution in [-0.4, -0.2) is 41.2 Å². The van der Waals surface area contributed by atoms with Crippen LogP contribution in [0, 0.1) is 12.7 Å². The van der Waals surface area contributed by atoms with Crippen molar-refractivity contribution in [1.82, 2.24) is 14.5 Å². The van der Waals surface area contributed by atoms with Crippen molar-refractivity contribution >= 4 is 42.4 Å². The van der Waals surface area contributed by atoms with Gasteiger partial charge in [0.1, 0.15) is 5.82 Å². The summed E-state index contributed by atoms with van der Waals surface area (Å²) in [5.41, 5.74) is 1.55. The molecule has 0 unspecified atom stereocenters. The average molecular weight is 487 g/mol. The molecule has 0 N–H and O–H groups in total. The highest BCUT2D eigenvalue weighted by Crippen LogP contribution is 2.30. The normalized spacial score (nSPS) is 11.7. The Labute approximate surface area is 195 Å². The largest absolute Gasteiger partial charge is 0.337 e. The molecule has 2 heterocycles. The predicted molar refractivity (Wildman–Crippen MR) is 127 cm³/mol. The molecule has 0 saturated carbocycles. The number of imidazole rings is 1. The average Bonchev–Trinajstić information content (AvgIpc) is 3.45. The van der Waals surface area contributed by atoms with Gasteiger partial charge in [0.25, 0.3) is 0 Å². The number of carbonyl (C=O) groups is 1. The summed E-state index contributed by atoms with van der Waals surface area (Å²) in [7, 11) is -3.60. The first kappa shape index (κ1) is 23.1. The molecule has 4 aromatic rings. The molecule has 33 heavy (non-hydrogen) atoms. The number of carbonyl (C=O) groups excluding carboxylic acids is 1. The molecule has 172 valence electrons. The van der Waals surface area contributed by atoms with E-state index in [4.69, 9.17) is 0 Å². The number of hydrogen-bond acceptors (Lipinski definition) is 6. The minimum Gasteiger partial charge on any atom is -0.337 e. The number of nitrogens with zero attached hydrogens (tertiary/aromatic N) is 4. The quantitative estimate of drug-likeness (QED) is 0.354. The molecular weight excluding hydrogens is 463 g/mol. The third-order valence-electron chi connectivity index (χ3n) is 5.19. The van der Waals surface area contributed by atoms with E-state index in [0.717, 1.165) is 5.56 Å². The third kappa shape index (κ3) is 5.63. The Balaban J connectivity index is 1.52. The number of hydrogen-bond donors (Lipinski definition) is 0. The van der Waals surface area contributed by atoms with Crippen molar-refractivity contribution in [3.63, 3.8) is 0 Å². The Kier molecular flexibility index (Phi) is 6.85. The van der Waals surface area contributed by atoms with Crippen LogP contribution in [-0.2, 0) is 21.2 Å². The number of sulfone groups is 1. The molecule has 0 bridgehead atoms. The fraction of sp³-hybridized carbons (Fsp3) is 0.261.